The molecule has 5 atom stereocenters. The van der Waals surface area contributed by atoms with E-state index in [1.165, 1.54) is 38.8 Å². The summed E-state index contributed by atoms with van der Waals surface area (Å²) >= 11 is 0. The molecular formula is C18H36N2. The average Bonchev–Trinajstić information content (AvgIpc) is 2.34. The van der Waals surface area contributed by atoms with Gasteiger partial charge in [-0.05, 0) is 56.4 Å². The van der Waals surface area contributed by atoms with Crippen LogP contribution in [0.3, 0.4) is 0 Å². The summed E-state index contributed by atoms with van der Waals surface area (Å²) in [6, 6.07) is 1.43. The molecule has 2 rings (SSSR count). The maximum atomic E-state index is 3.64. The maximum absolute atomic E-state index is 3.64. The smallest absolute Gasteiger partial charge is 0.0156 e. The normalized spacial score (nSPS) is 42.6. The fourth-order valence-corrected chi connectivity index (χ4v) is 4.98. The fourth-order valence-electron chi connectivity index (χ4n) is 4.98. The summed E-state index contributed by atoms with van der Waals surface area (Å²) in [5.74, 6) is 2.54. The largest absolute Gasteiger partial charge is 0.316 e. The molecule has 1 heterocycles. The van der Waals surface area contributed by atoms with Gasteiger partial charge in [0, 0.05) is 25.2 Å². The van der Waals surface area contributed by atoms with Gasteiger partial charge in [-0.25, -0.2) is 0 Å². The Hall–Kier alpha value is -0.0800. The van der Waals surface area contributed by atoms with Crippen LogP contribution < -0.4 is 5.32 Å². The standard InChI is InChI=1S/C18H36N2/c1-13-10-14(2)15(3)20(11-13)12-16-8-7-9-18(4,5)17(16)19-6/h13-17,19H,7-12H2,1-6H3. The zero-order valence-electron chi connectivity index (χ0n) is 14.6. The first-order valence-corrected chi connectivity index (χ1v) is 8.76. The minimum Gasteiger partial charge on any atom is -0.316 e. The third-order valence-corrected chi connectivity index (χ3v) is 6.21. The highest BCUT2D eigenvalue weighted by molar-refractivity contribution is 4.95. The molecule has 2 heteroatoms. The Morgan fingerprint density at radius 3 is 2.55 bits per heavy atom. The topological polar surface area (TPSA) is 15.3 Å². The summed E-state index contributed by atoms with van der Waals surface area (Å²) in [5.41, 5.74) is 0.452. The number of nitrogens with zero attached hydrogens (tertiary/aromatic N) is 1. The van der Waals surface area contributed by atoms with Gasteiger partial charge in [-0.15, -0.1) is 0 Å². The molecule has 0 spiro atoms. The van der Waals surface area contributed by atoms with Crippen molar-refractivity contribution in [3.05, 3.63) is 0 Å². The van der Waals surface area contributed by atoms with E-state index in [1.807, 2.05) is 0 Å². The second-order valence-electron chi connectivity index (χ2n) is 8.42. The summed E-state index contributed by atoms with van der Waals surface area (Å²) in [6.45, 7) is 14.8. The molecule has 0 amide bonds. The molecule has 5 unspecified atom stereocenters. The van der Waals surface area contributed by atoms with Crippen LogP contribution in [0.25, 0.3) is 0 Å². The minimum absolute atomic E-state index is 0.452. The van der Waals surface area contributed by atoms with Crippen molar-refractivity contribution >= 4 is 0 Å². The summed E-state index contributed by atoms with van der Waals surface area (Å²) in [7, 11) is 2.16. The van der Waals surface area contributed by atoms with Gasteiger partial charge in [-0.2, -0.15) is 0 Å². The van der Waals surface area contributed by atoms with Crippen LogP contribution in [0.2, 0.25) is 0 Å². The highest BCUT2D eigenvalue weighted by atomic mass is 15.2. The number of hydrogen-bond acceptors (Lipinski definition) is 2. The number of nitrogens with one attached hydrogen (secondary N) is 1. The SMILES string of the molecule is CNC1C(CN2CC(C)CC(C)C2C)CCCC1(C)C. The first-order valence-electron chi connectivity index (χ1n) is 8.76. The molecule has 0 aromatic heterocycles. The molecule has 1 aliphatic carbocycles. The lowest BCUT2D eigenvalue weighted by Crippen LogP contribution is -2.55. The molecule has 2 nitrogen and oxygen atoms in total. The highest BCUT2D eigenvalue weighted by Crippen LogP contribution is 2.40. The maximum Gasteiger partial charge on any atom is 0.0156 e. The molecule has 1 saturated heterocycles. The van der Waals surface area contributed by atoms with Crippen molar-refractivity contribution in [3.8, 4) is 0 Å². The molecule has 0 radical (unpaired) electrons. The van der Waals surface area contributed by atoms with Crippen molar-refractivity contribution in [1.82, 2.24) is 10.2 Å². The lowest BCUT2D eigenvalue weighted by molar-refractivity contribution is 0.0278. The Morgan fingerprint density at radius 2 is 1.90 bits per heavy atom. The summed E-state index contributed by atoms with van der Waals surface area (Å²) < 4.78 is 0. The Kier molecular flexibility index (Phi) is 5.18. The van der Waals surface area contributed by atoms with Crippen LogP contribution in [0.15, 0.2) is 0 Å². The Bertz CT molecular complexity index is 313. The van der Waals surface area contributed by atoms with Crippen LogP contribution in [0.5, 0.6) is 0 Å². The third-order valence-electron chi connectivity index (χ3n) is 6.21. The predicted molar refractivity (Wildman–Crippen MR) is 87.9 cm³/mol. The van der Waals surface area contributed by atoms with Crippen molar-refractivity contribution < 1.29 is 0 Å². The number of rotatable bonds is 3. The van der Waals surface area contributed by atoms with E-state index in [9.17, 15) is 0 Å². The second-order valence-corrected chi connectivity index (χ2v) is 8.42. The van der Waals surface area contributed by atoms with Crippen LogP contribution in [0, 0.1) is 23.2 Å². The molecule has 1 aliphatic heterocycles. The van der Waals surface area contributed by atoms with Gasteiger partial charge in [-0.1, -0.05) is 34.1 Å². The molecule has 118 valence electrons. The van der Waals surface area contributed by atoms with E-state index in [0.29, 0.717) is 11.5 Å². The van der Waals surface area contributed by atoms with Gasteiger partial charge in [0.05, 0.1) is 0 Å². The zero-order valence-corrected chi connectivity index (χ0v) is 14.6. The van der Waals surface area contributed by atoms with E-state index in [2.05, 4.69) is 51.9 Å². The Balaban J connectivity index is 2.03. The summed E-state index contributed by atoms with van der Waals surface area (Å²) in [5, 5.41) is 3.64. The fraction of sp³-hybridized carbons (Fsp3) is 1.00. The van der Waals surface area contributed by atoms with Crippen LogP contribution in [-0.2, 0) is 0 Å². The van der Waals surface area contributed by atoms with E-state index >= 15 is 0 Å². The van der Waals surface area contributed by atoms with Gasteiger partial charge >= 0.3 is 0 Å². The van der Waals surface area contributed by atoms with E-state index in [0.717, 1.165) is 23.8 Å². The molecule has 20 heavy (non-hydrogen) atoms. The Morgan fingerprint density at radius 1 is 1.20 bits per heavy atom. The van der Waals surface area contributed by atoms with Gasteiger partial charge in [0.2, 0.25) is 0 Å². The average molecular weight is 280 g/mol. The second kappa shape index (κ2) is 6.36. The molecule has 0 aromatic carbocycles. The lowest BCUT2D eigenvalue weighted by Gasteiger charge is -2.48. The van der Waals surface area contributed by atoms with E-state index in [1.54, 1.807) is 0 Å². The number of likely N-dealkylation sites (tertiary alicyclic amines) is 1. The monoisotopic (exact) mass is 280 g/mol. The quantitative estimate of drug-likeness (QED) is 0.846. The lowest BCUT2D eigenvalue weighted by atomic mass is 9.67. The molecule has 2 aliphatic rings. The molecule has 0 bridgehead atoms. The number of piperidine rings is 1. The van der Waals surface area contributed by atoms with Crippen LogP contribution in [-0.4, -0.2) is 37.1 Å². The van der Waals surface area contributed by atoms with Crippen molar-refractivity contribution in [3.63, 3.8) is 0 Å². The molecule has 1 N–H and O–H groups in total. The van der Waals surface area contributed by atoms with E-state index < -0.39 is 0 Å². The van der Waals surface area contributed by atoms with Crippen molar-refractivity contribution in [2.75, 3.05) is 20.1 Å². The minimum atomic E-state index is 0.452. The predicted octanol–water partition coefficient (Wildman–Crippen LogP) is 3.77. The van der Waals surface area contributed by atoms with Gasteiger partial charge < -0.3 is 5.32 Å². The van der Waals surface area contributed by atoms with Gasteiger partial charge in [0.1, 0.15) is 0 Å². The van der Waals surface area contributed by atoms with Gasteiger partial charge in [-0.3, -0.25) is 4.90 Å². The van der Waals surface area contributed by atoms with E-state index in [4.69, 9.17) is 0 Å². The highest BCUT2D eigenvalue weighted by Gasteiger charge is 2.40. The number of hydrogen-bond donors (Lipinski definition) is 1. The third kappa shape index (κ3) is 3.39. The van der Waals surface area contributed by atoms with Gasteiger partial charge in [0.25, 0.3) is 0 Å². The van der Waals surface area contributed by atoms with Crippen LogP contribution >= 0.6 is 0 Å². The summed E-state index contributed by atoms with van der Waals surface area (Å²) in [6.07, 6.45) is 5.59. The Labute approximate surface area is 126 Å². The molecular weight excluding hydrogens is 244 g/mol. The molecule has 2 fully saturated rings. The zero-order chi connectivity index (χ0) is 14.9. The molecule has 1 saturated carbocycles. The van der Waals surface area contributed by atoms with Crippen LogP contribution in [0.1, 0.15) is 60.3 Å². The van der Waals surface area contributed by atoms with E-state index in [-0.39, 0.29) is 0 Å². The summed E-state index contributed by atoms with van der Waals surface area (Å²) in [4.78, 5) is 2.79. The first kappa shape index (κ1) is 16.3. The molecule has 0 aromatic rings. The van der Waals surface area contributed by atoms with Gasteiger partial charge in [0.15, 0.2) is 0 Å². The van der Waals surface area contributed by atoms with Crippen molar-refractivity contribution in [2.45, 2.75) is 72.4 Å². The first-order chi connectivity index (χ1) is 9.35. The van der Waals surface area contributed by atoms with Crippen molar-refractivity contribution in [2.24, 2.45) is 23.2 Å². The van der Waals surface area contributed by atoms with Crippen molar-refractivity contribution in [1.29, 1.82) is 0 Å². The van der Waals surface area contributed by atoms with Crippen LogP contribution in [0.4, 0.5) is 0 Å².